The Morgan fingerprint density at radius 2 is 1.96 bits per heavy atom. The van der Waals surface area contributed by atoms with Gasteiger partial charge in [-0.25, -0.2) is 4.98 Å². The van der Waals surface area contributed by atoms with E-state index in [0.29, 0.717) is 11.5 Å². The van der Waals surface area contributed by atoms with Crippen molar-refractivity contribution >= 4 is 17.3 Å². The van der Waals surface area contributed by atoms with Crippen molar-refractivity contribution in [2.75, 3.05) is 37.0 Å². The van der Waals surface area contributed by atoms with Gasteiger partial charge in [-0.2, -0.15) is 9.78 Å². The van der Waals surface area contributed by atoms with E-state index >= 15 is 0 Å². The summed E-state index contributed by atoms with van der Waals surface area (Å²) >= 11 is 0. The lowest BCUT2D eigenvalue weighted by Gasteiger charge is -2.32. The van der Waals surface area contributed by atoms with Crippen LogP contribution < -0.4 is 9.80 Å². The second kappa shape index (κ2) is 6.59. The second-order valence-electron chi connectivity index (χ2n) is 6.66. The SMILES string of the molecule is CN(C)c1ccc2nnc(C3CCN(c4ncccc4C#N)CC3)n2n1. The maximum absolute atomic E-state index is 9.29. The quantitative estimate of drug-likeness (QED) is 0.714. The molecule has 3 aromatic rings. The average Bonchev–Trinajstić information content (AvgIpc) is 3.11. The predicted molar refractivity (Wildman–Crippen MR) is 98.2 cm³/mol. The zero-order chi connectivity index (χ0) is 18.1. The van der Waals surface area contributed by atoms with Crippen molar-refractivity contribution in [2.24, 2.45) is 0 Å². The number of nitrogens with zero attached hydrogens (tertiary/aromatic N) is 8. The highest BCUT2D eigenvalue weighted by Gasteiger charge is 2.26. The molecule has 132 valence electrons. The van der Waals surface area contributed by atoms with Gasteiger partial charge in [0.25, 0.3) is 0 Å². The Labute approximate surface area is 151 Å². The summed E-state index contributed by atoms with van der Waals surface area (Å²) in [6, 6.07) is 9.73. The van der Waals surface area contributed by atoms with E-state index < -0.39 is 0 Å². The van der Waals surface area contributed by atoms with Crippen LogP contribution in [0.5, 0.6) is 0 Å². The van der Waals surface area contributed by atoms with E-state index in [4.69, 9.17) is 0 Å². The Bertz CT molecular complexity index is 963. The van der Waals surface area contributed by atoms with Crippen LogP contribution >= 0.6 is 0 Å². The Morgan fingerprint density at radius 3 is 2.69 bits per heavy atom. The molecule has 0 atom stereocenters. The van der Waals surface area contributed by atoms with E-state index in [9.17, 15) is 5.26 Å². The molecular weight excluding hydrogens is 328 g/mol. The van der Waals surface area contributed by atoms with E-state index in [2.05, 4.69) is 31.2 Å². The van der Waals surface area contributed by atoms with Crippen LogP contribution in [0.15, 0.2) is 30.5 Å². The van der Waals surface area contributed by atoms with Gasteiger partial charge in [0.15, 0.2) is 11.5 Å². The maximum atomic E-state index is 9.29. The third-order valence-electron chi connectivity index (χ3n) is 4.80. The fourth-order valence-electron chi connectivity index (χ4n) is 3.37. The second-order valence-corrected chi connectivity index (χ2v) is 6.66. The molecule has 1 aliphatic heterocycles. The molecule has 0 aromatic carbocycles. The van der Waals surface area contributed by atoms with Crippen LogP contribution in [0, 0.1) is 11.3 Å². The van der Waals surface area contributed by atoms with Crippen LogP contribution in [0.25, 0.3) is 5.65 Å². The highest BCUT2D eigenvalue weighted by Crippen LogP contribution is 2.30. The molecule has 0 spiro atoms. The Balaban J connectivity index is 1.56. The summed E-state index contributed by atoms with van der Waals surface area (Å²) in [5.41, 5.74) is 1.39. The number of aromatic nitrogens is 5. The van der Waals surface area contributed by atoms with Gasteiger partial charge >= 0.3 is 0 Å². The van der Waals surface area contributed by atoms with Gasteiger partial charge in [0.1, 0.15) is 17.7 Å². The topological polar surface area (TPSA) is 86.2 Å². The van der Waals surface area contributed by atoms with Crippen LogP contribution in [0.4, 0.5) is 11.6 Å². The van der Waals surface area contributed by atoms with Crippen molar-refractivity contribution in [3.8, 4) is 6.07 Å². The molecule has 0 N–H and O–H groups in total. The van der Waals surface area contributed by atoms with Crippen molar-refractivity contribution in [1.82, 2.24) is 24.8 Å². The number of rotatable bonds is 3. The summed E-state index contributed by atoms with van der Waals surface area (Å²) in [6.07, 6.45) is 3.59. The average molecular weight is 348 g/mol. The van der Waals surface area contributed by atoms with Gasteiger partial charge in [0.2, 0.25) is 0 Å². The molecular formula is C18H20N8. The lowest BCUT2D eigenvalue weighted by atomic mass is 9.96. The summed E-state index contributed by atoms with van der Waals surface area (Å²) in [5.74, 6) is 2.85. The smallest absolute Gasteiger partial charge is 0.178 e. The zero-order valence-electron chi connectivity index (χ0n) is 14.9. The maximum Gasteiger partial charge on any atom is 0.178 e. The molecule has 4 rings (SSSR count). The van der Waals surface area contributed by atoms with Crippen LogP contribution in [0.3, 0.4) is 0 Å². The van der Waals surface area contributed by atoms with E-state index in [-0.39, 0.29) is 0 Å². The molecule has 3 aromatic heterocycles. The van der Waals surface area contributed by atoms with Crippen molar-refractivity contribution in [3.63, 3.8) is 0 Å². The highest BCUT2D eigenvalue weighted by molar-refractivity contribution is 5.53. The molecule has 0 radical (unpaired) electrons. The number of piperidine rings is 1. The Kier molecular flexibility index (Phi) is 4.13. The van der Waals surface area contributed by atoms with Crippen LogP contribution in [0.1, 0.15) is 30.1 Å². The van der Waals surface area contributed by atoms with Crippen LogP contribution in [0.2, 0.25) is 0 Å². The summed E-state index contributed by atoms with van der Waals surface area (Å²) in [7, 11) is 3.94. The molecule has 26 heavy (non-hydrogen) atoms. The standard InChI is InChI=1S/C18H20N8/c1-24(2)16-6-5-15-21-22-18(26(15)23-16)13-7-10-25(11-8-13)17-14(12-19)4-3-9-20-17/h3-6,9,13H,7-8,10-11H2,1-2H3. The summed E-state index contributed by atoms with van der Waals surface area (Å²) in [4.78, 5) is 8.54. The Hall–Kier alpha value is -3.21. The van der Waals surface area contributed by atoms with Gasteiger partial charge in [-0.3, -0.25) is 0 Å². The fraction of sp³-hybridized carbons (Fsp3) is 0.389. The molecule has 1 aliphatic rings. The molecule has 8 nitrogen and oxygen atoms in total. The first-order valence-corrected chi connectivity index (χ1v) is 8.67. The zero-order valence-corrected chi connectivity index (χ0v) is 14.9. The summed E-state index contributed by atoms with van der Waals surface area (Å²) in [5, 5.41) is 22.6. The first kappa shape index (κ1) is 16.3. The molecule has 0 amide bonds. The lowest BCUT2D eigenvalue weighted by molar-refractivity contribution is 0.475. The molecule has 0 aliphatic carbocycles. The van der Waals surface area contributed by atoms with E-state index in [1.54, 1.807) is 12.3 Å². The largest absolute Gasteiger partial charge is 0.361 e. The number of hydrogen-bond acceptors (Lipinski definition) is 7. The molecule has 0 saturated carbocycles. The predicted octanol–water partition coefficient (Wildman–Crippen LogP) is 1.84. The summed E-state index contributed by atoms with van der Waals surface area (Å²) in [6.45, 7) is 1.66. The van der Waals surface area contributed by atoms with Crippen LogP contribution in [-0.4, -0.2) is 52.0 Å². The Morgan fingerprint density at radius 1 is 1.15 bits per heavy atom. The molecule has 8 heteroatoms. The third-order valence-corrected chi connectivity index (χ3v) is 4.80. The third kappa shape index (κ3) is 2.81. The van der Waals surface area contributed by atoms with Crippen molar-refractivity contribution in [3.05, 3.63) is 41.9 Å². The number of fused-ring (bicyclic) bond motifs is 1. The van der Waals surface area contributed by atoms with Crippen molar-refractivity contribution in [2.45, 2.75) is 18.8 Å². The van der Waals surface area contributed by atoms with Gasteiger partial charge in [-0.15, -0.1) is 15.3 Å². The first-order chi connectivity index (χ1) is 12.7. The number of nitriles is 1. The minimum atomic E-state index is 0.292. The first-order valence-electron chi connectivity index (χ1n) is 8.67. The minimum absolute atomic E-state index is 0.292. The number of pyridine rings is 1. The van der Waals surface area contributed by atoms with E-state index in [0.717, 1.165) is 49.0 Å². The van der Waals surface area contributed by atoms with Gasteiger partial charge in [0.05, 0.1) is 5.56 Å². The molecule has 0 unspecified atom stereocenters. The molecule has 1 saturated heterocycles. The fourth-order valence-corrected chi connectivity index (χ4v) is 3.37. The van der Waals surface area contributed by atoms with Gasteiger partial charge in [-0.1, -0.05) is 0 Å². The van der Waals surface area contributed by atoms with Gasteiger partial charge in [0, 0.05) is 39.3 Å². The lowest BCUT2D eigenvalue weighted by Crippen LogP contribution is -2.34. The minimum Gasteiger partial charge on any atom is -0.361 e. The normalized spacial score (nSPS) is 15.2. The van der Waals surface area contributed by atoms with Gasteiger partial charge < -0.3 is 9.80 Å². The summed E-state index contributed by atoms with van der Waals surface area (Å²) < 4.78 is 1.86. The van der Waals surface area contributed by atoms with E-state index in [1.165, 1.54) is 0 Å². The van der Waals surface area contributed by atoms with Gasteiger partial charge in [-0.05, 0) is 37.1 Å². The number of anilines is 2. The van der Waals surface area contributed by atoms with E-state index in [1.807, 2.05) is 41.7 Å². The monoisotopic (exact) mass is 348 g/mol. The molecule has 0 bridgehead atoms. The van der Waals surface area contributed by atoms with Crippen molar-refractivity contribution < 1.29 is 0 Å². The van der Waals surface area contributed by atoms with Crippen LogP contribution in [-0.2, 0) is 0 Å². The highest BCUT2D eigenvalue weighted by atomic mass is 15.4. The molecule has 4 heterocycles. The van der Waals surface area contributed by atoms with Crippen molar-refractivity contribution in [1.29, 1.82) is 5.26 Å². The molecule has 1 fully saturated rings. The number of hydrogen-bond donors (Lipinski definition) is 0.